The van der Waals surface area contributed by atoms with Gasteiger partial charge in [0.25, 0.3) is 0 Å². The number of hydrogen-bond donors (Lipinski definition) is 2. The van der Waals surface area contributed by atoms with Gasteiger partial charge in [-0.3, -0.25) is 0 Å². The predicted octanol–water partition coefficient (Wildman–Crippen LogP) is 2.55. The van der Waals surface area contributed by atoms with E-state index in [-0.39, 0.29) is 15.8 Å². The van der Waals surface area contributed by atoms with Crippen molar-refractivity contribution in [3.8, 4) is 0 Å². The second-order valence-electron chi connectivity index (χ2n) is 3.12. The molecule has 17 heavy (non-hydrogen) atoms. The van der Waals surface area contributed by atoms with Gasteiger partial charge in [0, 0.05) is 19.7 Å². The smallest absolute Gasteiger partial charge is 0.170 e. The van der Waals surface area contributed by atoms with Crippen molar-refractivity contribution >= 4 is 34.6 Å². The lowest BCUT2D eigenvalue weighted by molar-refractivity contribution is 0.204. The van der Waals surface area contributed by atoms with E-state index in [2.05, 4.69) is 10.6 Å². The number of thiocarbonyl (C=S) groups is 1. The quantitative estimate of drug-likeness (QED) is 0.656. The maximum atomic E-state index is 13.4. The Morgan fingerprint density at radius 2 is 2.18 bits per heavy atom. The molecular weight excluding hydrogens is 270 g/mol. The summed E-state index contributed by atoms with van der Waals surface area (Å²) in [5.74, 6) is -1.54. The van der Waals surface area contributed by atoms with Crippen LogP contribution in [0.15, 0.2) is 12.1 Å². The van der Waals surface area contributed by atoms with Crippen LogP contribution in [0.5, 0.6) is 0 Å². The van der Waals surface area contributed by atoms with E-state index in [0.29, 0.717) is 13.2 Å². The van der Waals surface area contributed by atoms with E-state index >= 15 is 0 Å². The van der Waals surface area contributed by atoms with Crippen LogP contribution in [0.2, 0.25) is 5.02 Å². The fraction of sp³-hybridized carbons (Fsp3) is 0.300. The number of ether oxygens (including phenoxy) is 1. The molecule has 2 N–H and O–H groups in total. The number of halogens is 3. The Labute approximate surface area is 108 Å². The normalized spacial score (nSPS) is 10.1. The second-order valence-corrected chi connectivity index (χ2v) is 3.93. The topological polar surface area (TPSA) is 33.3 Å². The van der Waals surface area contributed by atoms with Gasteiger partial charge in [0.2, 0.25) is 0 Å². The average Bonchev–Trinajstić information content (AvgIpc) is 2.24. The summed E-state index contributed by atoms with van der Waals surface area (Å²) in [6, 6.07) is 1.73. The largest absolute Gasteiger partial charge is 0.383 e. The van der Waals surface area contributed by atoms with E-state index < -0.39 is 11.6 Å². The van der Waals surface area contributed by atoms with Gasteiger partial charge in [0.1, 0.15) is 5.82 Å². The van der Waals surface area contributed by atoms with Crippen LogP contribution in [0.1, 0.15) is 0 Å². The summed E-state index contributed by atoms with van der Waals surface area (Å²) in [5, 5.41) is 5.45. The van der Waals surface area contributed by atoms with Crippen LogP contribution in [0.4, 0.5) is 14.5 Å². The van der Waals surface area contributed by atoms with Crippen molar-refractivity contribution in [2.24, 2.45) is 0 Å². The molecule has 0 unspecified atom stereocenters. The first kappa shape index (κ1) is 14.1. The summed E-state index contributed by atoms with van der Waals surface area (Å²) in [6.45, 7) is 0.935. The zero-order valence-electron chi connectivity index (χ0n) is 9.02. The third-order valence-electron chi connectivity index (χ3n) is 1.84. The highest BCUT2D eigenvalue weighted by Gasteiger charge is 2.10. The Bertz CT molecular complexity index is 394. The number of hydrogen-bond acceptors (Lipinski definition) is 2. The van der Waals surface area contributed by atoms with E-state index in [4.69, 9.17) is 28.6 Å². The summed E-state index contributed by atoms with van der Waals surface area (Å²) < 4.78 is 30.9. The lowest BCUT2D eigenvalue weighted by atomic mass is 10.3. The van der Waals surface area contributed by atoms with Crippen molar-refractivity contribution in [2.75, 3.05) is 25.6 Å². The molecule has 0 amide bonds. The van der Waals surface area contributed by atoms with Crippen LogP contribution in [-0.4, -0.2) is 25.4 Å². The molecular formula is C10H11ClF2N2OS. The highest BCUT2D eigenvalue weighted by molar-refractivity contribution is 7.80. The van der Waals surface area contributed by atoms with Crippen LogP contribution in [-0.2, 0) is 4.74 Å². The van der Waals surface area contributed by atoms with Crippen molar-refractivity contribution in [1.29, 1.82) is 0 Å². The van der Waals surface area contributed by atoms with Crippen molar-refractivity contribution in [3.63, 3.8) is 0 Å². The van der Waals surface area contributed by atoms with E-state index in [0.717, 1.165) is 12.1 Å². The molecule has 1 aromatic carbocycles. The molecule has 0 aliphatic rings. The summed E-state index contributed by atoms with van der Waals surface area (Å²) >= 11 is 10.6. The molecule has 0 bridgehead atoms. The van der Waals surface area contributed by atoms with Crippen LogP contribution >= 0.6 is 23.8 Å². The third kappa shape index (κ3) is 4.41. The third-order valence-corrected chi connectivity index (χ3v) is 2.38. The van der Waals surface area contributed by atoms with Gasteiger partial charge in [-0.2, -0.15) is 0 Å². The van der Waals surface area contributed by atoms with Gasteiger partial charge in [0.05, 0.1) is 17.3 Å². The predicted molar refractivity (Wildman–Crippen MR) is 67.5 cm³/mol. The van der Waals surface area contributed by atoms with Gasteiger partial charge >= 0.3 is 0 Å². The van der Waals surface area contributed by atoms with Gasteiger partial charge in [-0.25, -0.2) is 8.78 Å². The Morgan fingerprint density at radius 1 is 1.47 bits per heavy atom. The lowest BCUT2D eigenvalue weighted by Crippen LogP contribution is -2.31. The number of nitrogens with one attached hydrogen (secondary N) is 2. The molecule has 1 aromatic rings. The van der Waals surface area contributed by atoms with E-state index in [9.17, 15) is 8.78 Å². The first-order valence-corrected chi connectivity index (χ1v) is 5.51. The molecule has 0 fully saturated rings. The van der Waals surface area contributed by atoms with Gasteiger partial charge in [-0.05, 0) is 18.3 Å². The zero-order valence-corrected chi connectivity index (χ0v) is 10.6. The molecule has 0 aromatic heterocycles. The maximum Gasteiger partial charge on any atom is 0.170 e. The molecule has 94 valence electrons. The van der Waals surface area contributed by atoms with Crippen molar-refractivity contribution in [2.45, 2.75) is 0 Å². The maximum absolute atomic E-state index is 13.4. The summed E-state index contributed by atoms with van der Waals surface area (Å²) in [4.78, 5) is 0. The Hall–Kier alpha value is -0.980. The fourth-order valence-corrected chi connectivity index (χ4v) is 1.53. The molecule has 0 atom stereocenters. The minimum absolute atomic E-state index is 0.0528. The van der Waals surface area contributed by atoms with Crippen LogP contribution in [0.3, 0.4) is 0 Å². The molecule has 3 nitrogen and oxygen atoms in total. The molecule has 0 aliphatic heterocycles. The van der Waals surface area contributed by atoms with Gasteiger partial charge in [0.15, 0.2) is 10.9 Å². The van der Waals surface area contributed by atoms with Crippen LogP contribution in [0.25, 0.3) is 0 Å². The molecule has 1 rings (SSSR count). The number of rotatable bonds is 4. The first-order valence-electron chi connectivity index (χ1n) is 4.73. The van der Waals surface area contributed by atoms with E-state index in [1.807, 2.05) is 0 Å². The standard InChI is InChI=1S/C10H11ClF2N2OS/c1-16-3-2-14-10(17)15-9-7(11)4-6(12)5-8(9)13/h4-5H,2-3H2,1H3,(H2,14,15,17). The number of anilines is 1. The highest BCUT2D eigenvalue weighted by atomic mass is 35.5. The summed E-state index contributed by atoms with van der Waals surface area (Å²) in [5.41, 5.74) is -0.0528. The molecule has 7 heteroatoms. The average molecular weight is 281 g/mol. The number of benzene rings is 1. The zero-order chi connectivity index (χ0) is 12.8. The highest BCUT2D eigenvalue weighted by Crippen LogP contribution is 2.26. The van der Waals surface area contributed by atoms with Crippen LogP contribution < -0.4 is 10.6 Å². The Balaban J connectivity index is 2.65. The van der Waals surface area contributed by atoms with Crippen molar-refractivity contribution < 1.29 is 13.5 Å². The number of methoxy groups -OCH3 is 1. The summed E-state index contributed by atoms with van der Waals surface area (Å²) in [6.07, 6.45) is 0. The Morgan fingerprint density at radius 3 is 2.76 bits per heavy atom. The van der Waals surface area contributed by atoms with E-state index in [1.54, 1.807) is 7.11 Å². The van der Waals surface area contributed by atoms with E-state index in [1.165, 1.54) is 0 Å². The lowest BCUT2D eigenvalue weighted by Gasteiger charge is -2.12. The molecule has 0 aliphatic carbocycles. The van der Waals surface area contributed by atoms with Crippen LogP contribution in [0, 0.1) is 11.6 Å². The van der Waals surface area contributed by atoms with Crippen molar-refractivity contribution in [3.05, 3.63) is 28.8 Å². The summed E-state index contributed by atoms with van der Waals surface area (Å²) in [7, 11) is 1.55. The monoisotopic (exact) mass is 280 g/mol. The van der Waals surface area contributed by atoms with Gasteiger partial charge in [-0.1, -0.05) is 11.6 Å². The van der Waals surface area contributed by atoms with Gasteiger partial charge in [-0.15, -0.1) is 0 Å². The molecule has 0 spiro atoms. The fourth-order valence-electron chi connectivity index (χ4n) is 1.09. The minimum Gasteiger partial charge on any atom is -0.383 e. The minimum atomic E-state index is -0.800. The molecule has 0 saturated carbocycles. The SMILES string of the molecule is COCCNC(=S)Nc1c(F)cc(F)cc1Cl. The van der Waals surface area contributed by atoms with Gasteiger partial charge < -0.3 is 15.4 Å². The first-order chi connectivity index (χ1) is 8.04. The molecule has 0 heterocycles. The molecule has 0 saturated heterocycles. The second kappa shape index (κ2) is 6.68. The Kier molecular flexibility index (Phi) is 5.54. The molecule has 0 radical (unpaired) electrons. The van der Waals surface area contributed by atoms with Crippen molar-refractivity contribution in [1.82, 2.24) is 5.32 Å².